The summed E-state index contributed by atoms with van der Waals surface area (Å²) in [4.78, 5) is 19.1. The number of aromatic nitrogens is 2. The van der Waals surface area contributed by atoms with Crippen LogP contribution in [0.5, 0.6) is 0 Å². The lowest BCUT2D eigenvalue weighted by Crippen LogP contribution is -2.50. The molecule has 6 nitrogen and oxygen atoms in total. The van der Waals surface area contributed by atoms with Gasteiger partial charge in [-0.1, -0.05) is 0 Å². The summed E-state index contributed by atoms with van der Waals surface area (Å²) in [6.07, 6.45) is 3.83. The number of carboxylic acid groups (broad SMARTS) is 1. The number of rotatable bonds is 3. The molecule has 1 aliphatic rings. The van der Waals surface area contributed by atoms with E-state index in [1.807, 2.05) is 0 Å². The number of ether oxygens (including phenoxy) is 1. The maximum Gasteiger partial charge on any atom is 0.329 e. The van der Waals surface area contributed by atoms with Crippen LogP contribution in [-0.4, -0.2) is 39.8 Å². The van der Waals surface area contributed by atoms with Gasteiger partial charge >= 0.3 is 5.97 Å². The summed E-state index contributed by atoms with van der Waals surface area (Å²) in [5, 5.41) is 12.3. The van der Waals surface area contributed by atoms with Crippen molar-refractivity contribution in [3.8, 4) is 0 Å². The number of hydrogen-bond acceptors (Lipinski definition) is 5. The molecule has 0 aromatic carbocycles. The molecule has 6 heteroatoms. The molecule has 0 unspecified atom stereocenters. The molecule has 86 valence electrons. The Morgan fingerprint density at radius 2 is 2.25 bits per heavy atom. The first-order chi connectivity index (χ1) is 7.73. The summed E-state index contributed by atoms with van der Waals surface area (Å²) in [7, 11) is 0. The van der Waals surface area contributed by atoms with Gasteiger partial charge in [-0.15, -0.1) is 0 Å². The molecule has 0 amide bonds. The molecule has 16 heavy (non-hydrogen) atoms. The van der Waals surface area contributed by atoms with Crippen molar-refractivity contribution in [2.75, 3.05) is 18.5 Å². The lowest BCUT2D eigenvalue weighted by Gasteiger charge is -2.34. The third-order valence-electron chi connectivity index (χ3n) is 2.71. The topological polar surface area (TPSA) is 84.3 Å². The van der Waals surface area contributed by atoms with Crippen LogP contribution in [0.4, 0.5) is 5.82 Å². The summed E-state index contributed by atoms with van der Waals surface area (Å²) in [5.41, 5.74) is -0.966. The van der Waals surface area contributed by atoms with E-state index in [1.165, 1.54) is 6.33 Å². The highest BCUT2D eigenvalue weighted by atomic mass is 16.5. The Balaban J connectivity index is 2.17. The van der Waals surface area contributed by atoms with Gasteiger partial charge in [-0.25, -0.2) is 14.8 Å². The van der Waals surface area contributed by atoms with E-state index in [0.29, 0.717) is 31.9 Å². The van der Waals surface area contributed by atoms with Crippen LogP contribution >= 0.6 is 0 Å². The summed E-state index contributed by atoms with van der Waals surface area (Å²) in [5.74, 6) is -0.339. The monoisotopic (exact) mass is 223 g/mol. The third kappa shape index (κ3) is 2.11. The predicted octanol–water partition coefficient (Wildman–Crippen LogP) is 0.522. The highest BCUT2D eigenvalue weighted by Gasteiger charge is 2.40. The van der Waals surface area contributed by atoms with Crippen LogP contribution in [0.1, 0.15) is 12.8 Å². The van der Waals surface area contributed by atoms with Gasteiger partial charge in [0.05, 0.1) is 0 Å². The molecule has 1 saturated heterocycles. The van der Waals surface area contributed by atoms with Crippen LogP contribution in [0.2, 0.25) is 0 Å². The van der Waals surface area contributed by atoms with Crippen LogP contribution < -0.4 is 5.32 Å². The molecular formula is C10H13N3O3. The second-order valence-electron chi connectivity index (χ2n) is 3.72. The van der Waals surface area contributed by atoms with Crippen LogP contribution in [0.25, 0.3) is 0 Å². The number of carboxylic acids is 1. The predicted molar refractivity (Wildman–Crippen MR) is 56.1 cm³/mol. The van der Waals surface area contributed by atoms with Crippen molar-refractivity contribution in [3.63, 3.8) is 0 Å². The van der Waals surface area contributed by atoms with Crippen molar-refractivity contribution >= 4 is 11.8 Å². The van der Waals surface area contributed by atoms with Crippen molar-refractivity contribution in [3.05, 3.63) is 18.6 Å². The number of aliphatic carboxylic acids is 1. The van der Waals surface area contributed by atoms with Gasteiger partial charge in [0.15, 0.2) is 0 Å². The Kier molecular flexibility index (Phi) is 3.00. The largest absolute Gasteiger partial charge is 0.480 e. The first-order valence-electron chi connectivity index (χ1n) is 5.08. The highest BCUT2D eigenvalue weighted by molar-refractivity contribution is 5.82. The zero-order valence-electron chi connectivity index (χ0n) is 8.72. The lowest BCUT2D eigenvalue weighted by molar-refractivity contribution is -0.145. The van der Waals surface area contributed by atoms with Gasteiger partial charge in [0, 0.05) is 32.3 Å². The van der Waals surface area contributed by atoms with E-state index in [2.05, 4.69) is 15.3 Å². The number of nitrogens with zero attached hydrogens (tertiary/aromatic N) is 2. The highest BCUT2D eigenvalue weighted by Crippen LogP contribution is 2.25. The third-order valence-corrected chi connectivity index (χ3v) is 2.71. The molecular weight excluding hydrogens is 210 g/mol. The van der Waals surface area contributed by atoms with Gasteiger partial charge < -0.3 is 15.2 Å². The molecule has 1 aromatic rings. The summed E-state index contributed by atoms with van der Waals surface area (Å²) >= 11 is 0. The Morgan fingerprint density at radius 1 is 1.50 bits per heavy atom. The Labute approximate surface area is 92.7 Å². The molecule has 0 saturated carbocycles. The number of anilines is 1. The van der Waals surface area contributed by atoms with E-state index in [0.717, 1.165) is 0 Å². The van der Waals surface area contributed by atoms with Crippen molar-refractivity contribution in [2.24, 2.45) is 0 Å². The summed E-state index contributed by atoms with van der Waals surface area (Å²) in [6.45, 7) is 0.898. The summed E-state index contributed by atoms with van der Waals surface area (Å²) in [6, 6.07) is 1.65. The molecule has 0 bridgehead atoms. The van der Waals surface area contributed by atoms with Crippen molar-refractivity contribution in [1.29, 1.82) is 0 Å². The molecule has 1 aliphatic heterocycles. The average molecular weight is 223 g/mol. The van der Waals surface area contributed by atoms with Gasteiger partial charge in [0.1, 0.15) is 17.7 Å². The molecule has 0 radical (unpaired) electrons. The fourth-order valence-electron chi connectivity index (χ4n) is 1.72. The first-order valence-corrected chi connectivity index (χ1v) is 5.08. The van der Waals surface area contributed by atoms with Crippen molar-refractivity contribution in [2.45, 2.75) is 18.4 Å². The van der Waals surface area contributed by atoms with Gasteiger partial charge in [-0.2, -0.15) is 0 Å². The SMILES string of the molecule is O=C(O)C1(Nc2ccncn2)CCOCC1. The van der Waals surface area contributed by atoms with E-state index in [-0.39, 0.29) is 0 Å². The Bertz CT molecular complexity index is 363. The number of hydrogen-bond donors (Lipinski definition) is 2. The Hall–Kier alpha value is -1.69. The van der Waals surface area contributed by atoms with Crippen LogP contribution in [0.3, 0.4) is 0 Å². The van der Waals surface area contributed by atoms with E-state index in [1.54, 1.807) is 12.3 Å². The van der Waals surface area contributed by atoms with E-state index >= 15 is 0 Å². The van der Waals surface area contributed by atoms with E-state index in [4.69, 9.17) is 4.74 Å². The van der Waals surface area contributed by atoms with Crippen LogP contribution in [0, 0.1) is 0 Å². The molecule has 0 atom stereocenters. The first kappa shape index (κ1) is 10.8. The fourth-order valence-corrected chi connectivity index (χ4v) is 1.72. The number of carbonyl (C=O) groups is 1. The lowest BCUT2D eigenvalue weighted by atomic mass is 9.90. The molecule has 2 N–H and O–H groups in total. The van der Waals surface area contributed by atoms with Crippen molar-refractivity contribution < 1.29 is 14.6 Å². The standard InChI is InChI=1S/C10H13N3O3/c14-9(15)10(2-5-16-6-3-10)13-8-1-4-11-7-12-8/h1,4,7H,2-3,5-6H2,(H,14,15)(H,11,12,13). The van der Waals surface area contributed by atoms with Gasteiger partial charge in [-0.05, 0) is 6.07 Å². The minimum Gasteiger partial charge on any atom is -0.480 e. The fraction of sp³-hybridized carbons (Fsp3) is 0.500. The smallest absolute Gasteiger partial charge is 0.329 e. The normalized spacial score (nSPS) is 19.0. The van der Waals surface area contributed by atoms with Gasteiger partial charge in [-0.3, -0.25) is 0 Å². The molecule has 2 rings (SSSR count). The van der Waals surface area contributed by atoms with E-state index in [9.17, 15) is 9.90 Å². The van der Waals surface area contributed by atoms with E-state index < -0.39 is 11.5 Å². The molecule has 2 heterocycles. The molecule has 1 fully saturated rings. The maximum absolute atomic E-state index is 11.3. The molecule has 0 spiro atoms. The second-order valence-corrected chi connectivity index (χ2v) is 3.72. The average Bonchev–Trinajstić information content (AvgIpc) is 2.31. The maximum atomic E-state index is 11.3. The van der Waals surface area contributed by atoms with Crippen molar-refractivity contribution in [1.82, 2.24) is 9.97 Å². The zero-order valence-corrected chi connectivity index (χ0v) is 8.72. The van der Waals surface area contributed by atoms with Gasteiger partial charge in [0.2, 0.25) is 0 Å². The summed E-state index contributed by atoms with van der Waals surface area (Å²) < 4.78 is 5.18. The minimum absolute atomic E-state index is 0.437. The molecule has 0 aliphatic carbocycles. The Morgan fingerprint density at radius 3 is 2.81 bits per heavy atom. The van der Waals surface area contributed by atoms with Gasteiger partial charge in [0.25, 0.3) is 0 Å². The minimum atomic E-state index is -0.966. The quantitative estimate of drug-likeness (QED) is 0.777. The zero-order chi connectivity index (χ0) is 11.4. The second kappa shape index (κ2) is 4.44. The molecule has 1 aromatic heterocycles. The van der Waals surface area contributed by atoms with Crippen LogP contribution in [-0.2, 0) is 9.53 Å². The number of nitrogens with one attached hydrogen (secondary N) is 1. The van der Waals surface area contributed by atoms with Crippen LogP contribution in [0.15, 0.2) is 18.6 Å².